The third kappa shape index (κ3) is 6.20. The summed E-state index contributed by atoms with van der Waals surface area (Å²) in [5, 5.41) is 1.19. The molecule has 3 aromatic rings. The summed E-state index contributed by atoms with van der Waals surface area (Å²) in [7, 11) is 0. The molecule has 1 aromatic heterocycles. The zero-order chi connectivity index (χ0) is 22.2. The maximum atomic E-state index is 13.3. The van der Waals surface area contributed by atoms with Gasteiger partial charge in [-0.15, -0.1) is 0 Å². The van der Waals surface area contributed by atoms with Crippen LogP contribution in [-0.2, 0) is 22.6 Å². The topological polar surface area (TPSA) is 56.4 Å². The number of carbonyl (C=O) groups is 2. The van der Waals surface area contributed by atoms with Crippen LogP contribution in [0.25, 0.3) is 10.9 Å². The first-order valence-electron chi connectivity index (χ1n) is 11.1. The van der Waals surface area contributed by atoms with E-state index in [9.17, 15) is 9.59 Å². The van der Waals surface area contributed by atoms with E-state index >= 15 is 0 Å². The number of benzene rings is 2. The predicted molar refractivity (Wildman–Crippen MR) is 126 cm³/mol. The molecule has 0 bridgehead atoms. The fraction of sp³-hybridized carbons (Fsp3) is 0.385. The van der Waals surface area contributed by atoms with E-state index in [4.69, 9.17) is 0 Å². The molecule has 31 heavy (non-hydrogen) atoms. The first-order chi connectivity index (χ1) is 15.0. The highest BCUT2D eigenvalue weighted by molar-refractivity contribution is 5.85. The minimum Gasteiger partial charge on any atom is -0.361 e. The van der Waals surface area contributed by atoms with Gasteiger partial charge in [-0.3, -0.25) is 9.59 Å². The second-order valence-electron chi connectivity index (χ2n) is 8.43. The SMILES string of the molecule is CCC(=O)N(CC(=O)N(CCc1c[nH]c2ccccc12)Cc1ccccc1)CC(C)C. The van der Waals surface area contributed by atoms with Crippen molar-refractivity contribution in [2.45, 2.75) is 40.2 Å². The average molecular weight is 420 g/mol. The van der Waals surface area contributed by atoms with Gasteiger partial charge >= 0.3 is 0 Å². The fourth-order valence-electron chi connectivity index (χ4n) is 3.87. The Morgan fingerprint density at radius 3 is 2.35 bits per heavy atom. The molecule has 0 aliphatic carbocycles. The number of nitrogens with zero attached hydrogens (tertiary/aromatic N) is 2. The maximum Gasteiger partial charge on any atom is 0.242 e. The van der Waals surface area contributed by atoms with E-state index in [1.54, 1.807) is 4.90 Å². The molecule has 0 saturated heterocycles. The molecule has 1 heterocycles. The molecule has 2 amide bonds. The predicted octanol–water partition coefficient (Wildman–Crippen LogP) is 4.63. The van der Waals surface area contributed by atoms with Gasteiger partial charge < -0.3 is 14.8 Å². The molecule has 0 fully saturated rings. The van der Waals surface area contributed by atoms with Crippen LogP contribution in [0.4, 0.5) is 0 Å². The molecule has 5 nitrogen and oxygen atoms in total. The zero-order valence-corrected chi connectivity index (χ0v) is 18.8. The van der Waals surface area contributed by atoms with Crippen molar-refractivity contribution in [3.8, 4) is 0 Å². The van der Waals surface area contributed by atoms with Gasteiger partial charge in [0.15, 0.2) is 0 Å². The highest BCUT2D eigenvalue weighted by atomic mass is 16.2. The van der Waals surface area contributed by atoms with Crippen LogP contribution in [0.2, 0.25) is 0 Å². The van der Waals surface area contributed by atoms with Crippen LogP contribution in [0.3, 0.4) is 0 Å². The first-order valence-corrected chi connectivity index (χ1v) is 11.1. The number of aromatic nitrogens is 1. The number of H-pyrrole nitrogens is 1. The van der Waals surface area contributed by atoms with Crippen molar-refractivity contribution < 1.29 is 9.59 Å². The van der Waals surface area contributed by atoms with Gasteiger partial charge in [0.2, 0.25) is 11.8 Å². The molecule has 0 radical (unpaired) electrons. The van der Waals surface area contributed by atoms with Crippen LogP contribution >= 0.6 is 0 Å². The smallest absolute Gasteiger partial charge is 0.242 e. The minimum absolute atomic E-state index is 0.00820. The molecular formula is C26H33N3O2. The number of amides is 2. The van der Waals surface area contributed by atoms with E-state index in [1.807, 2.05) is 60.5 Å². The number of hydrogen-bond acceptors (Lipinski definition) is 2. The van der Waals surface area contributed by atoms with Crippen molar-refractivity contribution in [2.24, 2.45) is 5.92 Å². The van der Waals surface area contributed by atoms with Gasteiger partial charge in [-0.25, -0.2) is 0 Å². The van der Waals surface area contributed by atoms with E-state index in [0.29, 0.717) is 32.0 Å². The van der Waals surface area contributed by atoms with Crippen LogP contribution in [0.1, 0.15) is 38.3 Å². The van der Waals surface area contributed by atoms with Gasteiger partial charge in [0.25, 0.3) is 0 Å². The fourth-order valence-corrected chi connectivity index (χ4v) is 3.87. The highest BCUT2D eigenvalue weighted by Gasteiger charge is 2.21. The number of carbonyl (C=O) groups excluding carboxylic acids is 2. The second kappa shape index (κ2) is 10.8. The summed E-state index contributed by atoms with van der Waals surface area (Å²) in [5.41, 5.74) is 3.40. The quantitative estimate of drug-likeness (QED) is 0.521. The summed E-state index contributed by atoms with van der Waals surface area (Å²) < 4.78 is 0. The second-order valence-corrected chi connectivity index (χ2v) is 8.43. The monoisotopic (exact) mass is 419 g/mol. The average Bonchev–Trinajstić information content (AvgIpc) is 3.19. The van der Waals surface area contributed by atoms with Gasteiger partial charge in [0, 0.05) is 43.2 Å². The molecule has 0 aliphatic heterocycles. The standard InChI is InChI=1S/C26H33N3O2/c1-4-25(30)29(17-20(2)3)19-26(31)28(18-21-10-6-5-7-11-21)15-14-22-16-27-24-13-9-8-12-23(22)24/h5-13,16,20,27H,4,14-15,17-19H2,1-3H3. The Morgan fingerprint density at radius 2 is 1.65 bits per heavy atom. The largest absolute Gasteiger partial charge is 0.361 e. The summed E-state index contributed by atoms with van der Waals surface area (Å²) in [6.07, 6.45) is 3.20. The zero-order valence-electron chi connectivity index (χ0n) is 18.8. The summed E-state index contributed by atoms with van der Waals surface area (Å²) in [5.74, 6) is 0.335. The van der Waals surface area contributed by atoms with E-state index in [2.05, 4.69) is 31.0 Å². The molecule has 0 aliphatic rings. The number of para-hydroxylation sites is 1. The van der Waals surface area contributed by atoms with E-state index in [0.717, 1.165) is 17.5 Å². The van der Waals surface area contributed by atoms with Crippen molar-refractivity contribution in [3.05, 3.63) is 71.9 Å². The van der Waals surface area contributed by atoms with Gasteiger partial charge in [0.05, 0.1) is 6.54 Å². The third-order valence-electron chi connectivity index (χ3n) is 5.46. The van der Waals surface area contributed by atoms with E-state index in [1.165, 1.54) is 10.9 Å². The molecule has 0 spiro atoms. The highest BCUT2D eigenvalue weighted by Crippen LogP contribution is 2.19. The molecule has 5 heteroatoms. The summed E-state index contributed by atoms with van der Waals surface area (Å²) in [4.78, 5) is 32.6. The maximum absolute atomic E-state index is 13.3. The van der Waals surface area contributed by atoms with Crippen molar-refractivity contribution in [2.75, 3.05) is 19.6 Å². The lowest BCUT2D eigenvalue weighted by atomic mass is 10.1. The summed E-state index contributed by atoms with van der Waals surface area (Å²) >= 11 is 0. The van der Waals surface area contributed by atoms with Crippen LogP contribution < -0.4 is 0 Å². The molecule has 2 aromatic carbocycles. The van der Waals surface area contributed by atoms with Crippen molar-refractivity contribution in [1.29, 1.82) is 0 Å². The Balaban J connectivity index is 1.76. The van der Waals surface area contributed by atoms with Crippen LogP contribution in [0.5, 0.6) is 0 Å². The number of rotatable bonds is 10. The lowest BCUT2D eigenvalue weighted by molar-refractivity contribution is -0.141. The Kier molecular flexibility index (Phi) is 7.88. The molecule has 0 unspecified atom stereocenters. The van der Waals surface area contributed by atoms with Crippen LogP contribution in [-0.4, -0.2) is 46.2 Å². The van der Waals surface area contributed by atoms with E-state index in [-0.39, 0.29) is 18.4 Å². The van der Waals surface area contributed by atoms with Crippen molar-refractivity contribution in [3.63, 3.8) is 0 Å². The molecule has 0 atom stereocenters. The molecular weight excluding hydrogens is 386 g/mol. The van der Waals surface area contributed by atoms with Gasteiger partial charge in [-0.05, 0) is 29.5 Å². The Labute approximate surface area is 185 Å². The van der Waals surface area contributed by atoms with Gasteiger partial charge in [-0.1, -0.05) is 69.3 Å². The van der Waals surface area contributed by atoms with Gasteiger partial charge in [0.1, 0.15) is 0 Å². The lowest BCUT2D eigenvalue weighted by Gasteiger charge is -2.29. The van der Waals surface area contributed by atoms with Gasteiger partial charge in [-0.2, -0.15) is 0 Å². The summed E-state index contributed by atoms with van der Waals surface area (Å²) in [6.45, 7) is 7.85. The molecule has 3 rings (SSSR count). The number of hydrogen-bond donors (Lipinski definition) is 1. The Morgan fingerprint density at radius 1 is 0.935 bits per heavy atom. The molecule has 164 valence electrons. The van der Waals surface area contributed by atoms with Crippen LogP contribution in [0, 0.1) is 5.92 Å². The van der Waals surface area contributed by atoms with Crippen molar-refractivity contribution >= 4 is 22.7 Å². The minimum atomic E-state index is -0.00820. The lowest BCUT2D eigenvalue weighted by Crippen LogP contribution is -2.44. The normalized spacial score (nSPS) is 11.1. The number of aromatic amines is 1. The summed E-state index contributed by atoms with van der Waals surface area (Å²) in [6, 6.07) is 18.2. The van der Waals surface area contributed by atoms with Crippen molar-refractivity contribution in [1.82, 2.24) is 14.8 Å². The number of fused-ring (bicyclic) bond motifs is 1. The Hall–Kier alpha value is -3.08. The first kappa shape index (κ1) is 22.6. The molecule has 1 N–H and O–H groups in total. The number of nitrogens with one attached hydrogen (secondary N) is 1. The third-order valence-corrected chi connectivity index (χ3v) is 5.46. The molecule has 0 saturated carbocycles. The Bertz CT molecular complexity index is 994. The van der Waals surface area contributed by atoms with E-state index < -0.39 is 0 Å². The van der Waals surface area contributed by atoms with Crippen LogP contribution in [0.15, 0.2) is 60.8 Å².